The second-order valence-corrected chi connectivity index (χ2v) is 7.16. The Morgan fingerprint density at radius 3 is 2.56 bits per heavy atom. The maximum absolute atomic E-state index is 12.5. The average Bonchev–Trinajstić information content (AvgIpc) is 3.11. The molecule has 1 aromatic heterocycles. The maximum Gasteiger partial charge on any atom is 0.270 e. The van der Waals surface area contributed by atoms with Crippen molar-refractivity contribution in [2.45, 2.75) is 56.8 Å². The topological polar surface area (TPSA) is 76.6 Å². The molecule has 1 saturated carbocycles. The number of nitrogens with zero attached hydrogens (tertiary/aromatic N) is 3. The third kappa shape index (κ3) is 3.77. The van der Waals surface area contributed by atoms with Crippen LogP contribution in [0.2, 0.25) is 0 Å². The summed E-state index contributed by atoms with van der Waals surface area (Å²) in [5.74, 6) is 0.313. The highest BCUT2D eigenvalue weighted by Gasteiger charge is 2.40. The van der Waals surface area contributed by atoms with Crippen LogP contribution in [0.3, 0.4) is 0 Å². The van der Waals surface area contributed by atoms with Crippen molar-refractivity contribution >= 4 is 11.7 Å². The monoisotopic (exact) mass is 346 g/mol. The number of carbonyl (C=O) groups excluding carboxylic acids is 1. The number of hydrogen-bond acceptors (Lipinski definition) is 6. The lowest BCUT2D eigenvalue weighted by atomic mass is 9.95. The van der Waals surface area contributed by atoms with E-state index in [0.717, 1.165) is 44.6 Å². The van der Waals surface area contributed by atoms with E-state index in [0.29, 0.717) is 18.9 Å². The van der Waals surface area contributed by atoms with E-state index in [1.165, 1.54) is 25.6 Å². The lowest BCUT2D eigenvalue weighted by Crippen LogP contribution is -2.45. The quantitative estimate of drug-likeness (QED) is 0.901. The van der Waals surface area contributed by atoms with Crippen LogP contribution in [0.5, 0.6) is 0 Å². The van der Waals surface area contributed by atoms with E-state index in [1.807, 2.05) is 0 Å². The molecule has 3 fully saturated rings. The van der Waals surface area contributed by atoms with Crippen LogP contribution in [0.4, 0.5) is 5.82 Å². The van der Waals surface area contributed by atoms with Gasteiger partial charge in [-0.2, -0.15) is 0 Å². The zero-order valence-corrected chi connectivity index (χ0v) is 14.6. The third-order valence-electron chi connectivity index (χ3n) is 5.49. The maximum atomic E-state index is 12.5. The van der Waals surface area contributed by atoms with Gasteiger partial charge >= 0.3 is 0 Å². The van der Waals surface area contributed by atoms with Gasteiger partial charge in [0.25, 0.3) is 5.91 Å². The fourth-order valence-corrected chi connectivity index (χ4v) is 4.01. The minimum atomic E-state index is -0.398. The zero-order valence-electron chi connectivity index (χ0n) is 14.6. The summed E-state index contributed by atoms with van der Waals surface area (Å²) in [6.07, 6.45) is 8.92. The van der Waals surface area contributed by atoms with Gasteiger partial charge in [-0.1, -0.05) is 19.3 Å². The second-order valence-electron chi connectivity index (χ2n) is 7.16. The van der Waals surface area contributed by atoms with Crippen molar-refractivity contribution in [3.63, 3.8) is 0 Å². The Hall–Kier alpha value is -1.73. The summed E-state index contributed by atoms with van der Waals surface area (Å²) in [5, 5.41) is 3.12. The Balaban J connectivity index is 1.38. The van der Waals surface area contributed by atoms with E-state index in [2.05, 4.69) is 20.2 Å². The first-order valence-electron chi connectivity index (χ1n) is 9.40. The molecule has 0 atom stereocenters. The molecule has 3 aliphatic rings. The van der Waals surface area contributed by atoms with Crippen LogP contribution in [0, 0.1) is 0 Å². The normalized spacial score (nSPS) is 23.8. The first-order chi connectivity index (χ1) is 12.2. The highest BCUT2D eigenvalue weighted by Crippen LogP contribution is 2.32. The molecule has 2 aliphatic heterocycles. The van der Waals surface area contributed by atoms with Gasteiger partial charge in [-0.3, -0.25) is 4.79 Å². The van der Waals surface area contributed by atoms with E-state index < -0.39 is 5.79 Å². The van der Waals surface area contributed by atoms with Crippen molar-refractivity contribution in [2.75, 3.05) is 31.2 Å². The van der Waals surface area contributed by atoms with E-state index in [9.17, 15) is 4.79 Å². The number of rotatable bonds is 3. The van der Waals surface area contributed by atoms with Crippen molar-refractivity contribution in [1.82, 2.24) is 15.3 Å². The molecule has 7 nitrogen and oxygen atoms in total. The predicted molar refractivity (Wildman–Crippen MR) is 92.5 cm³/mol. The summed E-state index contributed by atoms with van der Waals surface area (Å²) in [6, 6.07) is 2.08. The van der Waals surface area contributed by atoms with Gasteiger partial charge in [0.05, 0.1) is 13.2 Å². The van der Waals surface area contributed by atoms with Crippen molar-refractivity contribution < 1.29 is 14.3 Å². The summed E-state index contributed by atoms with van der Waals surface area (Å²) in [5.41, 5.74) is 0.448. The second kappa shape index (κ2) is 7.25. The molecule has 0 bridgehead atoms. The molecule has 1 N–H and O–H groups in total. The van der Waals surface area contributed by atoms with Gasteiger partial charge in [0.2, 0.25) is 0 Å². The number of carbonyl (C=O) groups is 1. The molecule has 1 spiro atoms. The Kier molecular flexibility index (Phi) is 4.85. The predicted octanol–water partition coefficient (Wildman–Crippen LogP) is 1.88. The number of aromatic nitrogens is 2. The van der Waals surface area contributed by atoms with Crippen molar-refractivity contribution in [3.8, 4) is 0 Å². The first kappa shape index (κ1) is 16.7. The lowest BCUT2D eigenvalue weighted by molar-refractivity contribution is -0.169. The van der Waals surface area contributed by atoms with Crippen LogP contribution in [-0.4, -0.2) is 54.0 Å². The fraction of sp³-hybridized carbons (Fsp3) is 0.722. The van der Waals surface area contributed by atoms with Gasteiger partial charge in [-0.25, -0.2) is 9.97 Å². The Bertz CT molecular complexity index is 602. The molecule has 1 aromatic rings. The third-order valence-corrected chi connectivity index (χ3v) is 5.49. The number of hydrogen-bond donors (Lipinski definition) is 1. The van der Waals surface area contributed by atoms with Crippen LogP contribution >= 0.6 is 0 Å². The van der Waals surface area contributed by atoms with Crippen LogP contribution in [0.25, 0.3) is 0 Å². The van der Waals surface area contributed by atoms with E-state index in [4.69, 9.17) is 9.47 Å². The van der Waals surface area contributed by atoms with E-state index in [1.54, 1.807) is 6.07 Å². The lowest BCUT2D eigenvalue weighted by Gasteiger charge is -2.38. The molecule has 2 saturated heterocycles. The van der Waals surface area contributed by atoms with Crippen LogP contribution in [-0.2, 0) is 9.47 Å². The summed E-state index contributed by atoms with van der Waals surface area (Å²) in [6.45, 7) is 2.97. The number of piperidine rings is 1. The van der Waals surface area contributed by atoms with Crippen molar-refractivity contribution in [2.24, 2.45) is 0 Å². The molecule has 0 unspecified atom stereocenters. The number of ether oxygens (including phenoxy) is 2. The average molecular weight is 346 g/mol. The molecular weight excluding hydrogens is 320 g/mol. The molecule has 3 heterocycles. The summed E-state index contributed by atoms with van der Waals surface area (Å²) in [7, 11) is 0. The van der Waals surface area contributed by atoms with Gasteiger partial charge in [0.1, 0.15) is 17.8 Å². The summed E-state index contributed by atoms with van der Waals surface area (Å²) >= 11 is 0. The molecule has 4 rings (SSSR count). The summed E-state index contributed by atoms with van der Waals surface area (Å²) < 4.78 is 11.5. The Labute approximate surface area is 148 Å². The van der Waals surface area contributed by atoms with Gasteiger partial charge in [-0.05, 0) is 12.8 Å². The molecule has 25 heavy (non-hydrogen) atoms. The molecule has 0 aromatic carbocycles. The minimum Gasteiger partial charge on any atom is -0.356 e. The molecule has 0 radical (unpaired) electrons. The van der Waals surface area contributed by atoms with Crippen molar-refractivity contribution in [3.05, 3.63) is 18.1 Å². The molecular formula is C18H26N4O3. The van der Waals surface area contributed by atoms with Crippen LogP contribution in [0.1, 0.15) is 55.4 Å². The standard InChI is InChI=1S/C18H26N4O3/c23-17(21-14-4-2-1-3-5-14)15-12-16(20-13-19-15)22-8-6-18(7-9-22)24-10-11-25-18/h12-14H,1-11H2,(H,21,23). The van der Waals surface area contributed by atoms with E-state index >= 15 is 0 Å². The SMILES string of the molecule is O=C(NC1CCCCC1)c1cc(N2CCC3(CC2)OCCO3)ncn1. The Morgan fingerprint density at radius 1 is 1.12 bits per heavy atom. The number of anilines is 1. The molecule has 136 valence electrons. The molecule has 1 aliphatic carbocycles. The highest BCUT2D eigenvalue weighted by molar-refractivity contribution is 5.93. The smallest absolute Gasteiger partial charge is 0.270 e. The van der Waals surface area contributed by atoms with Gasteiger partial charge < -0.3 is 19.7 Å². The Morgan fingerprint density at radius 2 is 1.84 bits per heavy atom. The zero-order chi connectivity index (χ0) is 17.1. The van der Waals surface area contributed by atoms with Crippen molar-refractivity contribution in [1.29, 1.82) is 0 Å². The van der Waals surface area contributed by atoms with Gasteiger partial charge in [-0.15, -0.1) is 0 Å². The van der Waals surface area contributed by atoms with Gasteiger partial charge in [0, 0.05) is 38.0 Å². The number of nitrogens with one attached hydrogen (secondary N) is 1. The minimum absolute atomic E-state index is 0.0912. The highest BCUT2D eigenvalue weighted by atomic mass is 16.7. The first-order valence-corrected chi connectivity index (χ1v) is 9.40. The van der Waals surface area contributed by atoms with Crippen LogP contribution in [0.15, 0.2) is 12.4 Å². The van der Waals surface area contributed by atoms with E-state index in [-0.39, 0.29) is 11.9 Å². The summed E-state index contributed by atoms with van der Waals surface area (Å²) in [4.78, 5) is 23.2. The molecule has 1 amide bonds. The largest absolute Gasteiger partial charge is 0.356 e. The fourth-order valence-electron chi connectivity index (χ4n) is 4.01. The van der Waals surface area contributed by atoms with Crippen LogP contribution < -0.4 is 10.2 Å². The molecule has 7 heteroatoms. The number of amides is 1. The van der Waals surface area contributed by atoms with Gasteiger partial charge in [0.15, 0.2) is 5.79 Å².